The van der Waals surface area contributed by atoms with E-state index in [0.29, 0.717) is 16.3 Å². The van der Waals surface area contributed by atoms with Crippen LogP contribution in [-0.2, 0) is 12.5 Å². The lowest BCUT2D eigenvalue weighted by atomic mass is 10.2. The summed E-state index contributed by atoms with van der Waals surface area (Å²) in [6, 6.07) is 4.81. The molecule has 0 aromatic carbocycles. The highest BCUT2D eigenvalue weighted by molar-refractivity contribution is 5.93. The lowest BCUT2D eigenvalue weighted by Crippen LogP contribution is -2.36. The van der Waals surface area contributed by atoms with Crippen molar-refractivity contribution in [2.24, 2.45) is 0 Å². The van der Waals surface area contributed by atoms with Crippen molar-refractivity contribution < 1.29 is 31.2 Å². The van der Waals surface area contributed by atoms with E-state index in [1.165, 1.54) is 13.2 Å². The fourth-order valence-electron chi connectivity index (χ4n) is 2.25. The number of amides is 1. The molecule has 0 fully saturated rings. The number of aryl methyl sites for hydroxylation is 1. The van der Waals surface area contributed by atoms with Crippen LogP contribution in [0.2, 0.25) is 0 Å². The average molecular weight is 374 g/mol. The highest BCUT2D eigenvalue weighted by Gasteiger charge is 2.60. The summed E-state index contributed by atoms with van der Waals surface area (Å²) in [6.45, 7) is 1.26. The molecule has 6 nitrogen and oxygen atoms in total. The van der Waals surface area contributed by atoms with Crippen LogP contribution in [0.15, 0.2) is 34.9 Å². The number of furan rings is 1. The SMILES string of the molecule is Cc1cc(C(F)(F)C(F)(F)F)n2nc(C(=O)NCc3ccco3)cc2n1. The molecule has 1 N–H and O–H groups in total. The molecule has 0 radical (unpaired) electrons. The van der Waals surface area contributed by atoms with Crippen LogP contribution in [0.25, 0.3) is 5.65 Å². The molecule has 26 heavy (non-hydrogen) atoms. The average Bonchev–Trinajstić information content (AvgIpc) is 3.19. The van der Waals surface area contributed by atoms with Crippen LogP contribution in [0.3, 0.4) is 0 Å². The van der Waals surface area contributed by atoms with E-state index in [2.05, 4.69) is 15.4 Å². The Bertz CT molecular complexity index is 947. The van der Waals surface area contributed by atoms with E-state index < -0.39 is 23.7 Å². The van der Waals surface area contributed by atoms with Gasteiger partial charge in [-0.25, -0.2) is 9.50 Å². The number of nitrogens with zero attached hydrogens (tertiary/aromatic N) is 3. The van der Waals surface area contributed by atoms with Gasteiger partial charge in [-0.15, -0.1) is 0 Å². The van der Waals surface area contributed by atoms with Crippen molar-refractivity contribution in [3.8, 4) is 0 Å². The fraction of sp³-hybridized carbons (Fsp3) is 0.267. The molecule has 0 bridgehead atoms. The first kappa shape index (κ1) is 17.8. The number of rotatable bonds is 4. The minimum absolute atomic E-state index is 0.00225. The van der Waals surface area contributed by atoms with E-state index >= 15 is 0 Å². The van der Waals surface area contributed by atoms with Gasteiger partial charge in [0.05, 0.1) is 12.8 Å². The quantitative estimate of drug-likeness (QED) is 0.712. The summed E-state index contributed by atoms with van der Waals surface area (Å²) in [7, 11) is 0. The van der Waals surface area contributed by atoms with E-state index in [9.17, 15) is 26.7 Å². The Balaban J connectivity index is 1.98. The maximum Gasteiger partial charge on any atom is 0.459 e. The first-order valence-electron chi connectivity index (χ1n) is 7.22. The Morgan fingerprint density at radius 1 is 1.27 bits per heavy atom. The maximum atomic E-state index is 13.8. The van der Waals surface area contributed by atoms with Gasteiger partial charge in [-0.1, -0.05) is 0 Å². The van der Waals surface area contributed by atoms with Crippen LogP contribution in [0, 0.1) is 6.92 Å². The number of hydrogen-bond donors (Lipinski definition) is 1. The molecular weight excluding hydrogens is 363 g/mol. The lowest BCUT2D eigenvalue weighted by Gasteiger charge is -2.20. The van der Waals surface area contributed by atoms with E-state index in [1.54, 1.807) is 12.1 Å². The molecule has 138 valence electrons. The molecule has 0 unspecified atom stereocenters. The standard InChI is InChI=1S/C15H11F5N4O2/c1-8-5-11(14(16,17)15(18,19)20)24-12(22-8)6-10(23-24)13(25)21-7-9-3-2-4-26-9/h2-6H,7H2,1H3,(H,21,25). The zero-order chi connectivity index (χ0) is 19.1. The molecule has 0 aliphatic heterocycles. The Labute approximate surface area is 142 Å². The van der Waals surface area contributed by atoms with E-state index in [0.717, 1.165) is 6.07 Å². The van der Waals surface area contributed by atoms with Crippen molar-refractivity contribution in [2.45, 2.75) is 25.6 Å². The van der Waals surface area contributed by atoms with E-state index in [4.69, 9.17) is 4.42 Å². The zero-order valence-electron chi connectivity index (χ0n) is 13.1. The Morgan fingerprint density at radius 3 is 2.62 bits per heavy atom. The van der Waals surface area contributed by atoms with Gasteiger partial charge in [0.15, 0.2) is 11.3 Å². The van der Waals surface area contributed by atoms with Crippen molar-refractivity contribution >= 4 is 11.6 Å². The number of carbonyl (C=O) groups is 1. The van der Waals surface area contributed by atoms with Crippen LogP contribution >= 0.6 is 0 Å². The number of hydrogen-bond acceptors (Lipinski definition) is 4. The molecule has 0 saturated carbocycles. The summed E-state index contributed by atoms with van der Waals surface area (Å²) in [5, 5.41) is 5.98. The van der Waals surface area contributed by atoms with Gasteiger partial charge in [-0.3, -0.25) is 4.79 Å². The van der Waals surface area contributed by atoms with Crippen molar-refractivity contribution in [2.75, 3.05) is 0 Å². The van der Waals surface area contributed by atoms with Gasteiger partial charge >= 0.3 is 12.1 Å². The van der Waals surface area contributed by atoms with Crippen LogP contribution in [0.4, 0.5) is 22.0 Å². The summed E-state index contributed by atoms with van der Waals surface area (Å²) in [4.78, 5) is 15.9. The Hall–Kier alpha value is -2.98. The van der Waals surface area contributed by atoms with Crippen LogP contribution in [0.5, 0.6) is 0 Å². The molecule has 3 aromatic heterocycles. The molecule has 0 saturated heterocycles. The third-order valence-corrected chi connectivity index (χ3v) is 3.47. The molecule has 0 aliphatic carbocycles. The van der Waals surface area contributed by atoms with Gasteiger partial charge in [0.2, 0.25) is 0 Å². The molecule has 0 aliphatic rings. The summed E-state index contributed by atoms with van der Waals surface area (Å²) in [6.07, 6.45) is -4.42. The summed E-state index contributed by atoms with van der Waals surface area (Å²) >= 11 is 0. The van der Waals surface area contributed by atoms with Gasteiger partial charge in [0.1, 0.15) is 11.5 Å². The number of fused-ring (bicyclic) bond motifs is 1. The van der Waals surface area contributed by atoms with Crippen LogP contribution in [-0.4, -0.2) is 26.7 Å². The third-order valence-electron chi connectivity index (χ3n) is 3.47. The third kappa shape index (κ3) is 3.11. The molecule has 11 heteroatoms. The largest absolute Gasteiger partial charge is 0.467 e. The summed E-state index contributed by atoms with van der Waals surface area (Å²) in [5.74, 6) is -5.50. The number of halogens is 5. The molecule has 0 atom stereocenters. The van der Waals surface area contributed by atoms with Crippen LogP contribution < -0.4 is 5.32 Å². The van der Waals surface area contributed by atoms with Crippen molar-refractivity contribution in [3.63, 3.8) is 0 Å². The molecule has 3 heterocycles. The van der Waals surface area contributed by atoms with E-state index in [1.807, 2.05) is 0 Å². The van der Waals surface area contributed by atoms with Crippen molar-refractivity contribution in [1.29, 1.82) is 0 Å². The number of nitrogens with one attached hydrogen (secondary N) is 1. The minimum Gasteiger partial charge on any atom is -0.467 e. The molecular formula is C15H11F5N4O2. The number of carbonyl (C=O) groups excluding carboxylic acids is 1. The number of aromatic nitrogens is 3. The highest BCUT2D eigenvalue weighted by Crippen LogP contribution is 2.43. The topological polar surface area (TPSA) is 72.4 Å². The summed E-state index contributed by atoms with van der Waals surface area (Å²) < 4.78 is 71.1. The summed E-state index contributed by atoms with van der Waals surface area (Å²) in [5.41, 5.74) is -2.14. The Kier molecular flexibility index (Phi) is 4.17. The van der Waals surface area contributed by atoms with Gasteiger partial charge in [0, 0.05) is 11.8 Å². The maximum absolute atomic E-state index is 13.8. The highest BCUT2D eigenvalue weighted by atomic mass is 19.4. The van der Waals surface area contributed by atoms with Gasteiger partial charge in [-0.2, -0.15) is 27.1 Å². The number of alkyl halides is 5. The predicted octanol–water partition coefficient (Wildman–Crippen LogP) is 3.21. The van der Waals surface area contributed by atoms with Gasteiger partial charge < -0.3 is 9.73 Å². The zero-order valence-corrected chi connectivity index (χ0v) is 13.1. The lowest BCUT2D eigenvalue weighted by molar-refractivity contribution is -0.291. The minimum atomic E-state index is -5.82. The van der Waals surface area contributed by atoms with Gasteiger partial charge in [-0.05, 0) is 25.1 Å². The van der Waals surface area contributed by atoms with Crippen LogP contribution in [0.1, 0.15) is 27.6 Å². The first-order valence-corrected chi connectivity index (χ1v) is 7.22. The predicted molar refractivity (Wildman–Crippen MR) is 77.6 cm³/mol. The Morgan fingerprint density at radius 2 is 2.00 bits per heavy atom. The van der Waals surface area contributed by atoms with Crippen molar-refractivity contribution in [1.82, 2.24) is 19.9 Å². The molecule has 3 aromatic rings. The first-order chi connectivity index (χ1) is 12.1. The normalized spacial score (nSPS) is 12.5. The second-order valence-corrected chi connectivity index (χ2v) is 5.42. The van der Waals surface area contributed by atoms with E-state index in [-0.39, 0.29) is 23.6 Å². The molecule has 3 rings (SSSR count). The molecule has 0 spiro atoms. The van der Waals surface area contributed by atoms with Gasteiger partial charge in [0.25, 0.3) is 5.91 Å². The second kappa shape index (κ2) is 6.07. The molecule has 1 amide bonds. The fourth-order valence-corrected chi connectivity index (χ4v) is 2.25. The monoisotopic (exact) mass is 374 g/mol. The second-order valence-electron chi connectivity index (χ2n) is 5.42. The smallest absolute Gasteiger partial charge is 0.459 e. The van der Waals surface area contributed by atoms with Crippen molar-refractivity contribution in [3.05, 3.63) is 53.4 Å².